The molecule has 4 aromatic carbocycles. The summed E-state index contributed by atoms with van der Waals surface area (Å²) in [6.45, 7) is 6.10. The molecule has 0 spiro atoms. The summed E-state index contributed by atoms with van der Waals surface area (Å²) >= 11 is 11.4. The highest BCUT2D eigenvalue weighted by Crippen LogP contribution is 2.56. The highest BCUT2D eigenvalue weighted by molar-refractivity contribution is 7.95. The molecule has 0 radical (unpaired) electrons. The Balaban J connectivity index is 1.26. The molecule has 8 nitrogen and oxygen atoms in total. The van der Waals surface area contributed by atoms with Gasteiger partial charge in [-0.3, -0.25) is 19.7 Å². The van der Waals surface area contributed by atoms with Gasteiger partial charge < -0.3 is 15.2 Å². The minimum atomic E-state index is -1.87. The molecule has 1 amide bonds. The Bertz CT molecular complexity index is 1660. The average Bonchev–Trinajstić information content (AvgIpc) is 3.15. The number of hydrogen-bond acceptors (Lipinski definition) is 6. The number of benzene rings is 4. The minimum absolute atomic E-state index is 0.146. The van der Waals surface area contributed by atoms with Crippen LogP contribution in [0.1, 0.15) is 79.7 Å². The van der Waals surface area contributed by atoms with Gasteiger partial charge in [-0.15, -0.1) is 0 Å². The number of nitrogens with zero attached hydrogens (tertiary/aromatic N) is 1. The minimum Gasteiger partial charge on any atom is -0.463 e. The van der Waals surface area contributed by atoms with E-state index in [0.717, 1.165) is 44.7 Å². The second-order valence-electron chi connectivity index (χ2n) is 13.7. The number of amides is 1. The van der Waals surface area contributed by atoms with E-state index in [-0.39, 0.29) is 18.7 Å². The number of non-ortho nitro benzene ring substituents is 1. The van der Waals surface area contributed by atoms with Crippen LogP contribution < -0.4 is 21.2 Å². The van der Waals surface area contributed by atoms with Gasteiger partial charge in [-0.25, -0.2) is 0 Å². The zero-order valence-electron chi connectivity index (χ0n) is 30.7. The van der Waals surface area contributed by atoms with Crippen LogP contribution in [-0.2, 0) is 14.3 Å². The molecule has 0 unspecified atom stereocenters. The van der Waals surface area contributed by atoms with Gasteiger partial charge in [0.05, 0.1) is 17.1 Å². The van der Waals surface area contributed by atoms with Crippen LogP contribution in [0.2, 0.25) is 0 Å². The highest BCUT2D eigenvalue weighted by atomic mass is 35.5. The summed E-state index contributed by atoms with van der Waals surface area (Å²) in [5.41, 5.74) is 3.93. The Morgan fingerprint density at radius 1 is 0.717 bits per heavy atom. The Hall–Kier alpha value is -3.81. The molecule has 0 heterocycles. The monoisotopic (exact) mass is 779 g/mol. The zero-order chi connectivity index (χ0) is 38.4. The van der Waals surface area contributed by atoms with Crippen LogP contribution in [0.5, 0.6) is 0 Å². The van der Waals surface area contributed by atoms with Crippen LogP contribution in [0, 0.1) is 30.9 Å². The largest absolute Gasteiger partial charge is 0.463 e. The van der Waals surface area contributed by atoms with Crippen molar-refractivity contribution in [1.82, 2.24) is 5.32 Å². The summed E-state index contributed by atoms with van der Waals surface area (Å²) in [6, 6.07) is 31.6. The molecular weight excluding hydrogens is 730 g/mol. The Morgan fingerprint density at radius 2 is 1.15 bits per heavy atom. The Morgan fingerprint density at radius 3 is 1.58 bits per heavy atom. The summed E-state index contributed by atoms with van der Waals surface area (Å²) in [4.78, 5) is 33.8. The van der Waals surface area contributed by atoms with Gasteiger partial charge in [0, 0.05) is 18.6 Å². The van der Waals surface area contributed by atoms with Crippen molar-refractivity contribution in [2.45, 2.75) is 89.1 Å². The number of nitrogens with one attached hydrogen (secondary N) is 1. The third-order valence-corrected chi connectivity index (χ3v) is 14.5. The number of ether oxygens (including phenoxy) is 1. The van der Waals surface area contributed by atoms with E-state index in [1.54, 1.807) is 0 Å². The average molecular weight is 781 g/mol. The number of aliphatic hydroxyl groups excluding tert-OH is 1. The maximum absolute atomic E-state index is 12.6. The summed E-state index contributed by atoms with van der Waals surface area (Å²) in [5, 5.41) is 28.6. The molecule has 2 N–H and O–H groups in total. The number of hydrogen-bond donors (Lipinski definition) is 2. The van der Waals surface area contributed by atoms with Crippen LogP contribution in [0.25, 0.3) is 0 Å². The molecule has 11 heteroatoms. The molecule has 0 aliphatic heterocycles. The molecular formula is C42H50Cl2N2O6P+. The topological polar surface area (TPSA) is 119 Å². The first kappa shape index (κ1) is 41.9. The van der Waals surface area contributed by atoms with E-state index in [0.29, 0.717) is 12.0 Å². The third-order valence-electron chi connectivity index (χ3n) is 9.57. The van der Waals surface area contributed by atoms with E-state index in [4.69, 9.17) is 27.9 Å². The van der Waals surface area contributed by atoms with Crippen LogP contribution in [0.4, 0.5) is 5.69 Å². The van der Waals surface area contributed by atoms with Crippen LogP contribution in [0.15, 0.2) is 97.1 Å². The number of alkyl halides is 2. The van der Waals surface area contributed by atoms with Crippen molar-refractivity contribution in [2.24, 2.45) is 0 Å². The molecule has 0 aromatic heterocycles. The van der Waals surface area contributed by atoms with Crippen LogP contribution >= 0.6 is 30.5 Å². The lowest BCUT2D eigenvalue weighted by Gasteiger charge is -2.28. The fourth-order valence-corrected chi connectivity index (χ4v) is 10.9. The Labute approximate surface area is 323 Å². The molecule has 0 aliphatic rings. The number of aryl methyl sites for hydroxylation is 3. The second-order valence-corrected chi connectivity index (χ2v) is 18.4. The van der Waals surface area contributed by atoms with Gasteiger partial charge in [-0.05, 0) is 94.1 Å². The van der Waals surface area contributed by atoms with Gasteiger partial charge in [0.2, 0.25) is 0 Å². The van der Waals surface area contributed by atoms with Crippen molar-refractivity contribution in [3.05, 3.63) is 129 Å². The summed E-state index contributed by atoms with van der Waals surface area (Å²) < 4.78 is 5.40. The smallest absolute Gasteiger partial charge is 0.305 e. The lowest BCUT2D eigenvalue weighted by atomic mass is 10.0. The number of nitro groups is 1. The number of rotatable bonds is 20. The van der Waals surface area contributed by atoms with Crippen molar-refractivity contribution in [3.8, 4) is 0 Å². The molecule has 0 saturated carbocycles. The molecule has 282 valence electrons. The first-order valence-electron chi connectivity index (χ1n) is 18.2. The highest BCUT2D eigenvalue weighted by Gasteiger charge is 2.44. The molecule has 4 rings (SSSR count). The fraction of sp³-hybridized carbons (Fsp3) is 0.381. The molecule has 4 aromatic rings. The summed E-state index contributed by atoms with van der Waals surface area (Å²) in [5.74, 6) is -1.21. The normalized spacial score (nSPS) is 12.7. The SMILES string of the molecule is Cc1ccc([P+](CCCCCCCCCC(=O)OC[C@H](NC(=O)C(Cl)Cl)[C@H](O)c2ccc([N+](=O)[O-])cc2)(c2ccc(C)cc2)c2ccc(C)cc2)cc1. The number of unbranched alkanes of at least 4 members (excludes halogenated alkanes) is 6. The van der Waals surface area contributed by atoms with E-state index in [9.17, 15) is 24.8 Å². The van der Waals surface area contributed by atoms with E-state index >= 15 is 0 Å². The summed E-state index contributed by atoms with van der Waals surface area (Å²) in [7, 11) is -1.87. The van der Waals surface area contributed by atoms with Gasteiger partial charge >= 0.3 is 5.97 Å². The fourth-order valence-electron chi connectivity index (χ4n) is 6.47. The molecule has 0 aliphatic carbocycles. The number of esters is 1. The summed E-state index contributed by atoms with van der Waals surface area (Å²) in [6.07, 6.45) is 6.98. The maximum atomic E-state index is 12.6. The molecule has 0 bridgehead atoms. The van der Waals surface area contributed by atoms with Gasteiger partial charge in [-0.1, -0.05) is 102 Å². The van der Waals surface area contributed by atoms with Gasteiger partial charge in [-0.2, -0.15) is 0 Å². The first-order chi connectivity index (χ1) is 25.4. The number of carbonyl (C=O) groups excluding carboxylic acids is 2. The van der Waals surface area contributed by atoms with E-state index in [2.05, 4.69) is 98.9 Å². The van der Waals surface area contributed by atoms with Crippen LogP contribution in [-0.4, -0.2) is 45.6 Å². The third kappa shape index (κ3) is 12.1. The van der Waals surface area contributed by atoms with E-state index in [1.165, 1.54) is 56.9 Å². The van der Waals surface area contributed by atoms with Gasteiger partial charge in [0.1, 0.15) is 35.9 Å². The second kappa shape index (κ2) is 20.6. The number of halogens is 2. The van der Waals surface area contributed by atoms with Crippen molar-refractivity contribution < 1.29 is 24.4 Å². The maximum Gasteiger partial charge on any atom is 0.305 e. The first-order valence-corrected chi connectivity index (χ1v) is 21.0. The molecule has 53 heavy (non-hydrogen) atoms. The standard InChI is InChI=1S/C42H49Cl2N2O6P/c1-30-12-22-35(23-13-30)53(36-24-14-31(2)15-25-36,37-26-16-32(3)17-27-37)28-10-8-6-4-5-7-9-11-39(47)52-29-38(45-42(49)41(43)44)40(48)33-18-20-34(21-19-33)46(50)51/h12-27,38,40-41,48H,4-11,28-29H2,1-3H3/p+1/t38-,40+/m0/s1. The quantitative estimate of drug-likeness (QED) is 0.0232. The lowest BCUT2D eigenvalue weighted by Crippen LogP contribution is -2.45. The van der Waals surface area contributed by atoms with Crippen molar-refractivity contribution in [1.29, 1.82) is 0 Å². The number of carbonyl (C=O) groups is 2. The predicted molar refractivity (Wildman–Crippen MR) is 218 cm³/mol. The van der Waals surface area contributed by atoms with Crippen LogP contribution in [0.3, 0.4) is 0 Å². The van der Waals surface area contributed by atoms with Gasteiger partial charge in [0.15, 0.2) is 4.84 Å². The van der Waals surface area contributed by atoms with Crippen molar-refractivity contribution >= 4 is 63.9 Å². The molecule has 0 fully saturated rings. The van der Waals surface area contributed by atoms with Gasteiger partial charge in [0.25, 0.3) is 11.6 Å². The van der Waals surface area contributed by atoms with E-state index < -0.39 is 41.0 Å². The van der Waals surface area contributed by atoms with Crippen molar-refractivity contribution in [3.63, 3.8) is 0 Å². The number of nitro benzene ring substituents is 1. The molecule has 0 saturated heterocycles. The molecule has 2 atom stereocenters. The van der Waals surface area contributed by atoms with Crippen molar-refractivity contribution in [2.75, 3.05) is 12.8 Å². The zero-order valence-corrected chi connectivity index (χ0v) is 33.1. The number of aliphatic hydroxyl groups is 1. The Kier molecular flexibility index (Phi) is 16.3. The lowest BCUT2D eigenvalue weighted by molar-refractivity contribution is -0.384. The predicted octanol–water partition coefficient (Wildman–Crippen LogP) is 8.50. The van der Waals surface area contributed by atoms with E-state index in [1.807, 2.05) is 0 Å².